The maximum Gasteiger partial charge on any atom is 0.359 e. The van der Waals surface area contributed by atoms with E-state index >= 15 is 0 Å². The van der Waals surface area contributed by atoms with E-state index in [2.05, 4.69) is 5.10 Å². The zero-order chi connectivity index (χ0) is 18.0. The third-order valence-corrected chi connectivity index (χ3v) is 3.77. The molecule has 0 N–H and O–H groups in total. The van der Waals surface area contributed by atoms with Gasteiger partial charge in [0.05, 0.1) is 11.4 Å². The van der Waals surface area contributed by atoms with Crippen molar-refractivity contribution >= 4 is 16.7 Å². The fourth-order valence-electron chi connectivity index (χ4n) is 2.55. The molecule has 0 radical (unpaired) electrons. The lowest BCUT2D eigenvalue weighted by Gasteiger charge is -2.13. The summed E-state index contributed by atoms with van der Waals surface area (Å²) in [5.41, 5.74) is 0.349. The maximum absolute atomic E-state index is 13.2. The smallest absolute Gasteiger partial charge is 0.359 e. The van der Waals surface area contributed by atoms with Gasteiger partial charge in [-0.25, -0.2) is 13.9 Å². The van der Waals surface area contributed by atoms with Crippen LogP contribution in [0.4, 0.5) is 4.39 Å². The minimum Gasteiger partial charge on any atom is -0.456 e. The average Bonchev–Trinajstić information content (AvgIpc) is 2.60. The Kier molecular flexibility index (Phi) is 4.61. The van der Waals surface area contributed by atoms with Crippen LogP contribution in [0.2, 0.25) is 0 Å². The van der Waals surface area contributed by atoms with Crippen LogP contribution in [0, 0.1) is 5.82 Å². The van der Waals surface area contributed by atoms with Gasteiger partial charge in [-0.3, -0.25) is 4.79 Å². The molecule has 0 amide bonds. The first-order valence-electron chi connectivity index (χ1n) is 7.90. The lowest BCUT2D eigenvalue weighted by molar-refractivity contribution is 0.0464. The second-order valence-electron chi connectivity index (χ2n) is 5.94. The minimum atomic E-state index is -0.658. The van der Waals surface area contributed by atoms with Gasteiger partial charge in [-0.15, -0.1) is 0 Å². The Balaban J connectivity index is 1.98. The number of esters is 1. The first-order chi connectivity index (χ1) is 12.0. The average molecular weight is 340 g/mol. The second-order valence-corrected chi connectivity index (χ2v) is 5.94. The summed E-state index contributed by atoms with van der Waals surface area (Å²) in [6, 6.07) is 12.4. The Labute approximate surface area is 143 Å². The number of hydrogen-bond acceptors (Lipinski definition) is 4. The number of carbonyl (C=O) groups is 1. The van der Waals surface area contributed by atoms with Crippen molar-refractivity contribution in [1.29, 1.82) is 0 Å². The lowest BCUT2D eigenvalue weighted by atomic mass is 10.1. The van der Waals surface area contributed by atoms with Crippen LogP contribution in [-0.4, -0.2) is 15.7 Å². The van der Waals surface area contributed by atoms with Crippen molar-refractivity contribution in [1.82, 2.24) is 9.78 Å². The summed E-state index contributed by atoms with van der Waals surface area (Å²) >= 11 is 0. The molecule has 3 rings (SSSR count). The SMILES string of the molecule is CC(C)n1nc(C(=O)OCc2cccc(F)c2)c2ccccc2c1=O. The molecule has 128 valence electrons. The largest absolute Gasteiger partial charge is 0.456 e. The zero-order valence-corrected chi connectivity index (χ0v) is 13.9. The lowest BCUT2D eigenvalue weighted by Crippen LogP contribution is -2.27. The molecular weight excluding hydrogens is 323 g/mol. The summed E-state index contributed by atoms with van der Waals surface area (Å²) in [6.07, 6.45) is 0. The third kappa shape index (κ3) is 3.42. The van der Waals surface area contributed by atoms with Crippen molar-refractivity contribution in [3.05, 3.63) is 76.0 Å². The van der Waals surface area contributed by atoms with E-state index in [0.717, 1.165) is 0 Å². The van der Waals surface area contributed by atoms with Crippen LogP contribution in [-0.2, 0) is 11.3 Å². The first kappa shape index (κ1) is 16.8. The van der Waals surface area contributed by atoms with E-state index in [1.807, 2.05) is 13.8 Å². The van der Waals surface area contributed by atoms with E-state index in [9.17, 15) is 14.0 Å². The van der Waals surface area contributed by atoms with Crippen molar-refractivity contribution in [3.8, 4) is 0 Å². The third-order valence-electron chi connectivity index (χ3n) is 3.77. The van der Waals surface area contributed by atoms with Crippen molar-refractivity contribution < 1.29 is 13.9 Å². The Morgan fingerprint density at radius 3 is 2.56 bits per heavy atom. The van der Waals surface area contributed by atoms with Crippen LogP contribution < -0.4 is 5.56 Å². The molecule has 0 atom stereocenters. The molecular formula is C19H17FN2O3. The fourth-order valence-corrected chi connectivity index (χ4v) is 2.55. The number of hydrogen-bond donors (Lipinski definition) is 0. The van der Waals surface area contributed by atoms with Crippen molar-refractivity contribution in [3.63, 3.8) is 0 Å². The van der Waals surface area contributed by atoms with Gasteiger partial charge >= 0.3 is 5.97 Å². The summed E-state index contributed by atoms with van der Waals surface area (Å²) in [5, 5.41) is 5.03. The predicted molar refractivity (Wildman–Crippen MR) is 91.9 cm³/mol. The summed E-state index contributed by atoms with van der Waals surface area (Å²) in [5.74, 6) is -1.06. The predicted octanol–water partition coefficient (Wildman–Crippen LogP) is 3.47. The van der Waals surface area contributed by atoms with Crippen LogP contribution in [0.3, 0.4) is 0 Å². The molecule has 2 aromatic carbocycles. The van der Waals surface area contributed by atoms with Crippen LogP contribution in [0.25, 0.3) is 10.8 Å². The Hall–Kier alpha value is -3.02. The van der Waals surface area contributed by atoms with Crippen LogP contribution >= 0.6 is 0 Å². The fraction of sp³-hybridized carbons (Fsp3) is 0.211. The zero-order valence-electron chi connectivity index (χ0n) is 13.9. The van der Waals surface area contributed by atoms with Gasteiger partial charge in [-0.1, -0.05) is 30.3 Å². The maximum atomic E-state index is 13.2. The molecule has 3 aromatic rings. The Morgan fingerprint density at radius 2 is 1.88 bits per heavy atom. The van der Waals surface area contributed by atoms with Gasteiger partial charge in [0.15, 0.2) is 5.69 Å². The number of rotatable bonds is 4. The van der Waals surface area contributed by atoms with E-state index in [4.69, 9.17) is 4.74 Å². The summed E-state index contributed by atoms with van der Waals surface area (Å²) < 4.78 is 19.8. The van der Waals surface area contributed by atoms with Crippen LogP contribution in [0.5, 0.6) is 0 Å². The summed E-state index contributed by atoms with van der Waals surface area (Å²) in [6.45, 7) is 3.55. The molecule has 0 saturated heterocycles. The van der Waals surface area contributed by atoms with E-state index in [0.29, 0.717) is 16.3 Å². The number of fused-ring (bicyclic) bond motifs is 1. The molecule has 25 heavy (non-hydrogen) atoms. The highest BCUT2D eigenvalue weighted by Gasteiger charge is 2.19. The molecule has 0 unspecified atom stereocenters. The number of ether oxygens (including phenoxy) is 1. The molecule has 0 aliphatic carbocycles. The molecule has 0 aliphatic rings. The van der Waals surface area contributed by atoms with Gasteiger partial charge in [0.25, 0.3) is 5.56 Å². The number of carbonyl (C=O) groups excluding carboxylic acids is 1. The quantitative estimate of drug-likeness (QED) is 0.682. The van der Waals surface area contributed by atoms with Crippen LogP contribution in [0.1, 0.15) is 35.9 Å². The minimum absolute atomic E-state index is 0.0697. The van der Waals surface area contributed by atoms with E-state index in [1.165, 1.54) is 16.8 Å². The molecule has 0 fully saturated rings. The van der Waals surface area contributed by atoms with E-state index in [-0.39, 0.29) is 23.9 Å². The highest BCUT2D eigenvalue weighted by Crippen LogP contribution is 2.16. The molecule has 5 nitrogen and oxygen atoms in total. The number of halogens is 1. The van der Waals surface area contributed by atoms with E-state index in [1.54, 1.807) is 36.4 Å². The van der Waals surface area contributed by atoms with Gasteiger partial charge in [0.2, 0.25) is 0 Å². The van der Waals surface area contributed by atoms with Gasteiger partial charge < -0.3 is 4.74 Å². The van der Waals surface area contributed by atoms with Crippen LogP contribution in [0.15, 0.2) is 53.3 Å². The van der Waals surface area contributed by atoms with Gasteiger partial charge in [0.1, 0.15) is 12.4 Å². The molecule has 0 aliphatic heterocycles. The van der Waals surface area contributed by atoms with Gasteiger partial charge in [-0.2, -0.15) is 5.10 Å². The number of nitrogens with zero attached hydrogens (tertiary/aromatic N) is 2. The molecule has 0 saturated carbocycles. The normalized spacial score (nSPS) is 11.0. The molecule has 0 bridgehead atoms. The Bertz CT molecular complexity index is 995. The summed E-state index contributed by atoms with van der Waals surface area (Å²) in [4.78, 5) is 25.0. The molecule has 1 heterocycles. The molecule has 6 heteroatoms. The first-order valence-corrected chi connectivity index (χ1v) is 7.90. The highest BCUT2D eigenvalue weighted by atomic mass is 19.1. The van der Waals surface area contributed by atoms with Gasteiger partial charge in [0, 0.05) is 5.39 Å². The van der Waals surface area contributed by atoms with Gasteiger partial charge in [-0.05, 0) is 37.6 Å². The summed E-state index contributed by atoms with van der Waals surface area (Å²) in [7, 11) is 0. The van der Waals surface area contributed by atoms with Crippen molar-refractivity contribution in [2.45, 2.75) is 26.5 Å². The number of aromatic nitrogens is 2. The van der Waals surface area contributed by atoms with Crippen molar-refractivity contribution in [2.24, 2.45) is 0 Å². The standard InChI is InChI=1S/C19H17FN2O3/c1-12(2)22-18(23)16-9-4-3-8-15(16)17(21-22)19(24)25-11-13-6-5-7-14(20)10-13/h3-10,12H,11H2,1-2H3. The van der Waals surface area contributed by atoms with E-state index < -0.39 is 11.8 Å². The number of benzene rings is 2. The topological polar surface area (TPSA) is 61.2 Å². The highest BCUT2D eigenvalue weighted by molar-refractivity contribution is 6.02. The Morgan fingerprint density at radius 1 is 1.16 bits per heavy atom. The monoisotopic (exact) mass is 340 g/mol. The second kappa shape index (κ2) is 6.84. The van der Waals surface area contributed by atoms with Crippen molar-refractivity contribution in [2.75, 3.05) is 0 Å². The molecule has 1 aromatic heterocycles. The molecule has 0 spiro atoms.